The van der Waals surface area contributed by atoms with Crippen LogP contribution in [-0.4, -0.2) is 164 Å². The van der Waals surface area contributed by atoms with Crippen molar-refractivity contribution in [2.24, 2.45) is 17.8 Å². The number of hydrogen-bond acceptors (Lipinski definition) is 20. The topological polar surface area (TPSA) is 314 Å². The van der Waals surface area contributed by atoms with Crippen LogP contribution in [0.4, 0.5) is 92.9 Å². The van der Waals surface area contributed by atoms with Gasteiger partial charge < -0.3 is 19.6 Å². The second-order valence-electron chi connectivity index (χ2n) is 31.9. The van der Waals surface area contributed by atoms with Crippen molar-refractivity contribution >= 4 is 117 Å². The van der Waals surface area contributed by atoms with E-state index in [1.54, 1.807) is 82.4 Å². The van der Waals surface area contributed by atoms with E-state index < -0.39 is 5.82 Å². The summed E-state index contributed by atoms with van der Waals surface area (Å²) in [6.45, 7) is 13.8. The van der Waals surface area contributed by atoms with Crippen molar-refractivity contribution in [3.05, 3.63) is 167 Å². The molecule has 0 spiro atoms. The number of amides is 8. The average molecular weight is 1570 g/mol. The van der Waals surface area contributed by atoms with Crippen molar-refractivity contribution in [3.63, 3.8) is 0 Å². The van der Waals surface area contributed by atoms with E-state index in [0.29, 0.717) is 113 Å². The van der Waals surface area contributed by atoms with Crippen molar-refractivity contribution < 1.29 is 42.7 Å². The van der Waals surface area contributed by atoms with Crippen LogP contribution in [0.3, 0.4) is 0 Å². The fourth-order valence-corrected chi connectivity index (χ4v) is 16.4. The number of carbonyl (C=O) groups excluding carboxylic acids is 8. The SMILES string of the molecule is CC#CCCC(=O)c1ccc2c(n1)N(C(=O)Nc1ccccn1)[C@H]1CCN2C1.Cc1ccc(NC(=O)N2c3nc(C(=O)CCC4CC4)ccc3N3CC[C@H]2C3)nc1.Cc1ccnc(NC(=O)N2c3nc(C(=O)CCC4CC4)ccc3N3CC[C@H]2C3)c1.Cc1nc(NC(=O)N2c3nc(C(=O)CCC4CC4)ccc3N3CC[C@H]2C3)ccc1F. The van der Waals surface area contributed by atoms with Crippen LogP contribution in [0.1, 0.15) is 181 Å². The highest BCUT2D eigenvalue weighted by Crippen LogP contribution is 2.45. The monoisotopic (exact) mass is 1570 g/mol. The second kappa shape index (κ2) is 34.0. The third kappa shape index (κ3) is 17.6. The van der Waals surface area contributed by atoms with E-state index >= 15 is 0 Å². The first kappa shape index (κ1) is 77.6. The van der Waals surface area contributed by atoms with Gasteiger partial charge in [0.15, 0.2) is 46.4 Å². The first-order chi connectivity index (χ1) is 56.3. The first-order valence-electron chi connectivity index (χ1n) is 40.7. The number of urea groups is 4. The molecule has 7 fully saturated rings. The molecule has 8 aromatic heterocycles. The molecule has 19 rings (SSSR count). The zero-order valence-corrected chi connectivity index (χ0v) is 65.8. The van der Waals surface area contributed by atoms with Crippen molar-refractivity contribution in [2.45, 2.75) is 167 Å². The Morgan fingerprint density at radius 2 is 0.776 bits per heavy atom. The number of carbonyl (C=O) groups is 8. The maximum absolute atomic E-state index is 13.5. The molecule has 8 aliphatic heterocycles. The van der Waals surface area contributed by atoms with Gasteiger partial charge >= 0.3 is 24.1 Å². The molecule has 16 heterocycles. The number of hydrogen-bond donors (Lipinski definition) is 4. The third-order valence-corrected chi connectivity index (χ3v) is 23.4. The number of anilines is 12. The number of halogens is 1. The lowest BCUT2D eigenvalue weighted by molar-refractivity contribution is 0.0965. The Balaban J connectivity index is 0.000000116. The number of pyridine rings is 8. The van der Waals surface area contributed by atoms with E-state index in [1.807, 2.05) is 74.5 Å². The van der Waals surface area contributed by atoms with Crippen LogP contribution in [0.5, 0.6) is 0 Å². The third-order valence-electron chi connectivity index (χ3n) is 23.4. The first-order valence-corrected chi connectivity index (χ1v) is 40.7. The highest BCUT2D eigenvalue weighted by atomic mass is 19.1. The number of aromatic nitrogens is 8. The lowest BCUT2D eigenvalue weighted by Gasteiger charge is -2.35. The van der Waals surface area contributed by atoms with Gasteiger partial charge in [-0.05, 0) is 193 Å². The summed E-state index contributed by atoms with van der Waals surface area (Å²) < 4.78 is 13.5. The summed E-state index contributed by atoms with van der Waals surface area (Å²) in [6.07, 6.45) is 21.1. The molecule has 4 saturated heterocycles. The van der Waals surface area contributed by atoms with E-state index in [-0.39, 0.29) is 82.9 Å². The lowest BCUT2D eigenvalue weighted by Crippen LogP contribution is -2.48. The van der Waals surface area contributed by atoms with Gasteiger partial charge in [-0.2, -0.15) is 0 Å². The molecule has 8 aromatic rings. The standard InChI is InChI=1S/C22H24FN5O2.2C22H25N5O2.C21H21N5O2/c1-13-16(23)5-9-20(24-13)26-22(30)28-15-10-11-27(12-15)18-7-6-17(25-21(18)28)19(29)8-4-14-2-3-14;1-14-2-9-20(23-12-14)25-22(29)27-16-10-11-26(13-16)18-7-6-17(24-21(18)27)19(28)8-5-15-3-4-15;1-14-8-10-23-20(12-14)25-22(29)27-16-9-11-26(13-16)18-6-5-17(24-21(18)27)19(28)7-4-15-2-3-15;1-2-3-4-7-18(27)16-9-10-17-20(23-16)26(15-11-13-25(17)14-15)21(28)24-19-8-5-6-12-22-19/h5-7,9,14-15H,2-4,8,10-12H2,1H3,(H,24,26,30);2,6-7,9,12,15-16H,3-5,8,10-11,13H2,1H3,(H,23,25,29);5-6,8,10,12,15-16H,2-4,7,9,11,13H2,1H3,(H,23,25,29);5-6,8-10,12,15H,4,7,11,13-14H2,1H3,(H,22,24,28)/t15-;2*16-;15-/m0000/s1. The minimum atomic E-state index is -0.418. The summed E-state index contributed by atoms with van der Waals surface area (Å²) in [4.78, 5) is 154. The number of aryl methyl sites for hydroxylation is 3. The highest BCUT2D eigenvalue weighted by Gasteiger charge is 2.46. The Morgan fingerprint density at radius 3 is 1.14 bits per heavy atom. The number of rotatable bonds is 19. The van der Waals surface area contributed by atoms with Gasteiger partial charge in [-0.1, -0.05) is 50.7 Å². The molecule has 3 saturated carbocycles. The van der Waals surface area contributed by atoms with Crippen LogP contribution < -0.4 is 60.5 Å². The maximum atomic E-state index is 13.5. The van der Waals surface area contributed by atoms with Crippen LogP contribution in [0, 0.1) is 56.2 Å². The molecule has 3 aliphatic carbocycles. The Labute approximate surface area is 672 Å². The van der Waals surface area contributed by atoms with Gasteiger partial charge in [-0.25, -0.2) is 63.4 Å². The Kier molecular flexibility index (Phi) is 22.7. The Hall–Kier alpha value is -12.4. The molecule has 4 N–H and O–H groups in total. The van der Waals surface area contributed by atoms with Gasteiger partial charge in [0.1, 0.15) is 51.9 Å². The molecule has 8 bridgehead atoms. The van der Waals surface area contributed by atoms with Crippen molar-refractivity contribution in [1.82, 2.24) is 39.9 Å². The highest BCUT2D eigenvalue weighted by molar-refractivity contribution is 6.09. The smallest absolute Gasteiger partial charge is 0.329 e. The van der Waals surface area contributed by atoms with E-state index in [9.17, 15) is 42.7 Å². The molecule has 0 aromatic carbocycles. The van der Waals surface area contributed by atoms with Gasteiger partial charge in [-0.15, -0.1) is 11.8 Å². The van der Waals surface area contributed by atoms with E-state index in [1.165, 1.54) is 50.7 Å². The molecule has 0 unspecified atom stereocenters. The molecule has 8 amide bonds. The Bertz CT molecular complexity index is 5190. The number of ketones is 4. The van der Waals surface area contributed by atoms with Gasteiger partial charge in [0.25, 0.3) is 0 Å². The quantitative estimate of drug-likeness (QED) is 0.0432. The number of fused-ring (bicyclic) bond motifs is 16. The fraction of sp³-hybridized carbons (Fsp3) is 0.425. The number of nitrogens with zero attached hydrogens (tertiary/aromatic N) is 16. The second-order valence-corrected chi connectivity index (χ2v) is 31.9. The zero-order valence-electron chi connectivity index (χ0n) is 65.8. The minimum Gasteiger partial charge on any atom is -0.366 e. The van der Waals surface area contributed by atoms with Crippen LogP contribution in [0.25, 0.3) is 0 Å². The summed E-state index contributed by atoms with van der Waals surface area (Å²) in [7, 11) is 0. The summed E-state index contributed by atoms with van der Waals surface area (Å²) >= 11 is 0. The van der Waals surface area contributed by atoms with Crippen LogP contribution in [-0.2, 0) is 0 Å². The molecule has 28 nitrogen and oxygen atoms in total. The summed E-state index contributed by atoms with van der Waals surface area (Å²) in [5, 5.41) is 11.4. The Morgan fingerprint density at radius 1 is 0.397 bits per heavy atom. The summed E-state index contributed by atoms with van der Waals surface area (Å²) in [5.41, 5.74) is 7.57. The molecule has 0 radical (unpaired) electrons. The van der Waals surface area contributed by atoms with Crippen molar-refractivity contribution in [3.8, 4) is 11.8 Å². The van der Waals surface area contributed by atoms with Crippen molar-refractivity contribution in [2.75, 3.05) is 113 Å². The molecule has 598 valence electrons. The largest absolute Gasteiger partial charge is 0.366 e. The van der Waals surface area contributed by atoms with Gasteiger partial charge in [0, 0.05) is 103 Å². The minimum absolute atomic E-state index is 0.0220. The maximum Gasteiger partial charge on any atom is 0.329 e. The molecular weight excluding hydrogens is 1470 g/mol. The number of Topliss-reactive ketones (excluding diaryl/α,β-unsaturated/α-hetero) is 4. The fourth-order valence-electron chi connectivity index (χ4n) is 16.4. The lowest BCUT2D eigenvalue weighted by atomic mass is 10.1. The van der Waals surface area contributed by atoms with Crippen LogP contribution in [0.15, 0.2) is 122 Å². The predicted molar refractivity (Wildman–Crippen MR) is 442 cm³/mol. The van der Waals surface area contributed by atoms with Crippen LogP contribution >= 0.6 is 0 Å². The van der Waals surface area contributed by atoms with Gasteiger partial charge in [0.2, 0.25) is 0 Å². The summed E-state index contributed by atoms with van der Waals surface area (Å²) in [6, 6.07) is 29.3. The van der Waals surface area contributed by atoms with E-state index in [4.69, 9.17) is 0 Å². The molecule has 4 atom stereocenters. The molecule has 116 heavy (non-hydrogen) atoms. The van der Waals surface area contributed by atoms with Crippen molar-refractivity contribution in [1.29, 1.82) is 0 Å². The molecule has 29 heteroatoms. The molecular formula is C87H95FN20O8. The predicted octanol–water partition coefficient (Wildman–Crippen LogP) is 14.6. The van der Waals surface area contributed by atoms with E-state index in [0.717, 1.165) is 131 Å². The van der Waals surface area contributed by atoms with Crippen LogP contribution in [0.2, 0.25) is 0 Å². The average Bonchev–Trinajstić information content (AvgIpc) is 1.62. The van der Waals surface area contributed by atoms with E-state index in [2.05, 4.69) is 92.6 Å². The summed E-state index contributed by atoms with van der Waals surface area (Å²) in [5.74, 6) is 11.5. The van der Waals surface area contributed by atoms with Gasteiger partial charge in [-0.3, -0.25) is 60.0 Å². The normalized spacial score (nSPS) is 19.0. The number of nitrogens with one attached hydrogen (secondary N) is 4. The zero-order chi connectivity index (χ0) is 80.3. The molecule has 11 aliphatic rings. The van der Waals surface area contributed by atoms with Gasteiger partial charge in [0.05, 0.1) is 52.6 Å².